The fraction of sp³-hybridized carbons (Fsp3) is 0.364. The average Bonchev–Trinajstić information content (AvgIpc) is 2.28. The molecule has 0 amide bonds. The van der Waals surface area contributed by atoms with Crippen LogP contribution in [0.1, 0.15) is 34.3 Å². The zero-order valence-corrected chi connectivity index (χ0v) is 11.5. The Bertz CT molecular complexity index is 380. The van der Waals surface area contributed by atoms with Gasteiger partial charge in [0.1, 0.15) is 0 Å². The van der Waals surface area contributed by atoms with Gasteiger partial charge in [-0.25, -0.2) is 8.78 Å². The Balaban J connectivity index is 3.22. The van der Waals surface area contributed by atoms with Gasteiger partial charge in [-0.1, -0.05) is 50.1 Å². The van der Waals surface area contributed by atoms with Crippen molar-refractivity contribution < 1.29 is 13.6 Å². The van der Waals surface area contributed by atoms with Crippen molar-refractivity contribution in [3.8, 4) is 0 Å². The van der Waals surface area contributed by atoms with Crippen molar-refractivity contribution >= 4 is 37.6 Å². The molecule has 1 rings (SSSR count). The maximum atomic E-state index is 12.9. The molecule has 0 atom stereocenters. The highest BCUT2D eigenvalue weighted by molar-refractivity contribution is 9.09. The van der Waals surface area contributed by atoms with Gasteiger partial charge in [0, 0.05) is 28.2 Å². The van der Waals surface area contributed by atoms with E-state index in [1.807, 2.05) is 0 Å². The number of hydrogen-bond acceptors (Lipinski definition) is 1. The molecule has 0 aromatic heterocycles. The number of rotatable bonds is 5. The lowest BCUT2D eigenvalue weighted by molar-refractivity contribution is 0.0975. The van der Waals surface area contributed by atoms with Gasteiger partial charge in [-0.15, -0.1) is 0 Å². The molecule has 0 saturated heterocycles. The van der Waals surface area contributed by atoms with Gasteiger partial charge in [0.25, 0.3) is 6.43 Å². The third-order valence-corrected chi connectivity index (χ3v) is 3.18. The number of halogens is 4. The van der Waals surface area contributed by atoms with Crippen LogP contribution in [0.3, 0.4) is 0 Å². The highest BCUT2D eigenvalue weighted by Crippen LogP contribution is 2.29. The van der Waals surface area contributed by atoms with Gasteiger partial charge in [-0.3, -0.25) is 4.79 Å². The highest BCUT2D eigenvalue weighted by atomic mass is 79.9. The number of benzene rings is 1. The van der Waals surface area contributed by atoms with Crippen LogP contribution in [-0.2, 0) is 5.33 Å². The summed E-state index contributed by atoms with van der Waals surface area (Å²) in [5, 5.41) is 0.801. The first-order chi connectivity index (χ1) is 7.61. The predicted molar refractivity (Wildman–Crippen MR) is 66.8 cm³/mol. The van der Waals surface area contributed by atoms with Gasteiger partial charge in [-0.05, 0) is 5.56 Å². The second-order valence-corrected chi connectivity index (χ2v) is 4.53. The quantitative estimate of drug-likeness (QED) is 0.562. The zero-order chi connectivity index (χ0) is 12.1. The molecule has 88 valence electrons. The zero-order valence-electron chi connectivity index (χ0n) is 8.35. The number of carbonyl (C=O) groups excluding carboxylic acids is 1. The van der Waals surface area contributed by atoms with Crippen LogP contribution in [0.15, 0.2) is 18.2 Å². The fourth-order valence-corrected chi connectivity index (χ4v) is 2.30. The van der Waals surface area contributed by atoms with Crippen LogP contribution in [0.5, 0.6) is 0 Å². The van der Waals surface area contributed by atoms with E-state index in [4.69, 9.17) is 0 Å². The number of ketones is 1. The van der Waals surface area contributed by atoms with Crippen molar-refractivity contribution in [1.29, 1.82) is 0 Å². The molecule has 0 heterocycles. The second-order valence-electron chi connectivity index (χ2n) is 3.17. The van der Waals surface area contributed by atoms with Crippen molar-refractivity contribution in [2.45, 2.75) is 18.2 Å². The van der Waals surface area contributed by atoms with E-state index in [-0.39, 0.29) is 23.3 Å². The van der Waals surface area contributed by atoms with Crippen molar-refractivity contribution in [2.24, 2.45) is 0 Å². The van der Waals surface area contributed by atoms with Crippen LogP contribution in [0.4, 0.5) is 8.78 Å². The molecule has 5 heteroatoms. The van der Waals surface area contributed by atoms with E-state index in [1.54, 1.807) is 12.1 Å². The van der Waals surface area contributed by atoms with E-state index >= 15 is 0 Å². The lowest BCUT2D eigenvalue weighted by atomic mass is 9.98. The summed E-state index contributed by atoms with van der Waals surface area (Å²) in [7, 11) is 0. The molecule has 0 spiro atoms. The van der Waals surface area contributed by atoms with Crippen LogP contribution < -0.4 is 0 Å². The second kappa shape index (κ2) is 6.45. The molecule has 0 aliphatic rings. The molecular weight excluding hydrogens is 346 g/mol. The SMILES string of the molecule is O=C(CCBr)c1cccc(CBr)c1C(F)F. The molecule has 0 N–H and O–H groups in total. The van der Waals surface area contributed by atoms with Crippen LogP contribution in [0.25, 0.3) is 0 Å². The Hall–Kier alpha value is -0.290. The van der Waals surface area contributed by atoms with E-state index in [9.17, 15) is 13.6 Å². The summed E-state index contributed by atoms with van der Waals surface area (Å²) >= 11 is 6.27. The summed E-state index contributed by atoms with van der Waals surface area (Å²) in [6.45, 7) is 0. The first-order valence-electron chi connectivity index (χ1n) is 4.66. The van der Waals surface area contributed by atoms with Gasteiger partial charge in [0.2, 0.25) is 0 Å². The number of carbonyl (C=O) groups is 1. The average molecular weight is 356 g/mol. The minimum absolute atomic E-state index is 0.131. The lowest BCUT2D eigenvalue weighted by Gasteiger charge is -2.11. The van der Waals surface area contributed by atoms with Gasteiger partial charge >= 0.3 is 0 Å². The van der Waals surface area contributed by atoms with Crippen molar-refractivity contribution in [3.05, 3.63) is 34.9 Å². The van der Waals surface area contributed by atoms with Crippen LogP contribution in [0, 0.1) is 0 Å². The summed E-state index contributed by atoms with van der Waals surface area (Å²) in [4.78, 5) is 11.7. The van der Waals surface area contributed by atoms with E-state index in [1.165, 1.54) is 6.07 Å². The Morgan fingerprint density at radius 2 is 2.00 bits per heavy atom. The first kappa shape index (κ1) is 13.8. The third kappa shape index (κ3) is 3.10. The number of Topliss-reactive ketones (excluding diaryl/α,β-unsaturated/α-hetero) is 1. The Morgan fingerprint density at radius 3 is 2.50 bits per heavy atom. The minimum atomic E-state index is -2.62. The molecule has 0 fully saturated rings. The van der Waals surface area contributed by atoms with E-state index in [0.29, 0.717) is 16.2 Å². The molecular formula is C11H10Br2F2O. The van der Waals surface area contributed by atoms with Gasteiger partial charge in [0.15, 0.2) is 5.78 Å². The molecule has 1 nitrogen and oxygen atoms in total. The minimum Gasteiger partial charge on any atom is -0.294 e. The molecule has 0 saturated carbocycles. The molecule has 0 bridgehead atoms. The number of hydrogen-bond donors (Lipinski definition) is 0. The van der Waals surface area contributed by atoms with E-state index < -0.39 is 6.43 Å². The molecule has 0 radical (unpaired) electrons. The Morgan fingerprint density at radius 1 is 1.31 bits per heavy atom. The first-order valence-corrected chi connectivity index (χ1v) is 6.91. The molecule has 0 aliphatic heterocycles. The van der Waals surface area contributed by atoms with Crippen molar-refractivity contribution in [3.63, 3.8) is 0 Å². The third-order valence-electron chi connectivity index (χ3n) is 2.18. The topological polar surface area (TPSA) is 17.1 Å². The van der Waals surface area contributed by atoms with Crippen molar-refractivity contribution in [1.82, 2.24) is 0 Å². The monoisotopic (exact) mass is 354 g/mol. The largest absolute Gasteiger partial charge is 0.294 e. The normalized spacial score (nSPS) is 10.8. The predicted octanol–water partition coefficient (Wildman–Crippen LogP) is 4.49. The van der Waals surface area contributed by atoms with Crippen LogP contribution >= 0.6 is 31.9 Å². The maximum Gasteiger partial charge on any atom is 0.264 e. The van der Waals surface area contributed by atoms with Crippen LogP contribution in [-0.4, -0.2) is 11.1 Å². The molecule has 0 unspecified atom stereocenters. The molecule has 16 heavy (non-hydrogen) atoms. The molecule has 1 aromatic rings. The smallest absolute Gasteiger partial charge is 0.264 e. The number of alkyl halides is 4. The summed E-state index contributed by atoms with van der Waals surface area (Å²) in [5.41, 5.74) is 0.451. The summed E-state index contributed by atoms with van der Waals surface area (Å²) in [6.07, 6.45) is -2.39. The Kier molecular flexibility index (Phi) is 5.55. The maximum absolute atomic E-state index is 12.9. The summed E-state index contributed by atoms with van der Waals surface area (Å²) < 4.78 is 25.8. The standard InChI is InChI=1S/C11H10Br2F2O/c12-5-4-9(16)8-3-1-2-7(6-13)10(8)11(14)15/h1-3,11H,4-6H2. The van der Waals surface area contributed by atoms with Crippen LogP contribution in [0.2, 0.25) is 0 Å². The summed E-state index contributed by atoms with van der Waals surface area (Å²) in [5.74, 6) is -0.255. The van der Waals surface area contributed by atoms with Gasteiger partial charge in [0.05, 0.1) is 0 Å². The molecule has 1 aromatic carbocycles. The van der Waals surface area contributed by atoms with E-state index in [0.717, 1.165) is 0 Å². The highest BCUT2D eigenvalue weighted by Gasteiger charge is 2.20. The van der Waals surface area contributed by atoms with Gasteiger partial charge in [-0.2, -0.15) is 0 Å². The fourth-order valence-electron chi connectivity index (χ4n) is 1.45. The Labute approximate surface area is 109 Å². The summed E-state index contributed by atoms with van der Waals surface area (Å²) in [6, 6.07) is 4.68. The van der Waals surface area contributed by atoms with Gasteiger partial charge < -0.3 is 0 Å². The lowest BCUT2D eigenvalue weighted by Crippen LogP contribution is -2.07. The van der Waals surface area contributed by atoms with Crippen molar-refractivity contribution in [2.75, 3.05) is 5.33 Å². The van der Waals surface area contributed by atoms with E-state index in [2.05, 4.69) is 31.9 Å². The molecule has 0 aliphatic carbocycles.